The summed E-state index contributed by atoms with van der Waals surface area (Å²) in [4.78, 5) is 0. The summed E-state index contributed by atoms with van der Waals surface area (Å²) in [5.74, 6) is 0.778. The van der Waals surface area contributed by atoms with E-state index in [1.54, 1.807) is 6.92 Å². The highest BCUT2D eigenvalue weighted by Gasteiger charge is 2.15. The summed E-state index contributed by atoms with van der Waals surface area (Å²) in [6.45, 7) is 18.2. The molecule has 0 aromatic carbocycles. The van der Waals surface area contributed by atoms with Crippen molar-refractivity contribution in [2.75, 3.05) is 0 Å². The number of hydrogen-bond acceptors (Lipinski definition) is 0. The molecule has 19 heavy (non-hydrogen) atoms. The average Bonchev–Trinajstić information content (AvgIpc) is 2.41. The van der Waals surface area contributed by atoms with Crippen LogP contribution in [0.5, 0.6) is 0 Å². The van der Waals surface area contributed by atoms with Gasteiger partial charge in [0.05, 0.1) is 0 Å². The van der Waals surface area contributed by atoms with Crippen molar-refractivity contribution in [2.24, 2.45) is 11.8 Å². The van der Waals surface area contributed by atoms with Crippen molar-refractivity contribution in [3.63, 3.8) is 0 Å². The first kappa shape index (κ1) is 18.1. The molecule has 0 aromatic heterocycles. The van der Waals surface area contributed by atoms with E-state index in [4.69, 9.17) is 0 Å². The van der Waals surface area contributed by atoms with Gasteiger partial charge in [-0.3, -0.25) is 0 Å². The summed E-state index contributed by atoms with van der Waals surface area (Å²) in [5, 5.41) is 0. The minimum absolute atomic E-state index is 0.150. The molecule has 0 aliphatic heterocycles. The maximum Gasteiger partial charge on any atom is 0.129 e. The zero-order chi connectivity index (χ0) is 15.0. The average molecular weight is 266 g/mol. The summed E-state index contributed by atoms with van der Waals surface area (Å²) < 4.78 is 14.3. The highest BCUT2D eigenvalue weighted by atomic mass is 19.1. The first-order chi connectivity index (χ1) is 8.84. The molecule has 0 N–H and O–H groups in total. The van der Waals surface area contributed by atoms with Crippen molar-refractivity contribution in [3.05, 3.63) is 35.7 Å². The van der Waals surface area contributed by atoms with Gasteiger partial charge in [0.15, 0.2) is 0 Å². The van der Waals surface area contributed by atoms with Gasteiger partial charge in [-0.05, 0) is 48.3 Å². The standard InChI is InChI=1S/C18H31F/c1-8-10-13(3)11-12-15(5)17(7)18(19)16(6)14(4)9-2/h13,15H,4,7-12H2,1-3,5-6H3/b18-16+. The lowest BCUT2D eigenvalue weighted by Gasteiger charge is -2.18. The fraction of sp³-hybridized carbons (Fsp3) is 0.667. The summed E-state index contributed by atoms with van der Waals surface area (Å²) in [6.07, 6.45) is 5.42. The predicted molar refractivity (Wildman–Crippen MR) is 84.8 cm³/mol. The Morgan fingerprint density at radius 2 is 1.63 bits per heavy atom. The third-order valence-corrected chi connectivity index (χ3v) is 4.04. The topological polar surface area (TPSA) is 0 Å². The van der Waals surface area contributed by atoms with E-state index >= 15 is 0 Å². The van der Waals surface area contributed by atoms with E-state index in [1.165, 1.54) is 12.8 Å². The van der Waals surface area contributed by atoms with E-state index < -0.39 is 0 Å². The first-order valence-electron chi connectivity index (χ1n) is 7.58. The Morgan fingerprint density at radius 1 is 1.05 bits per heavy atom. The van der Waals surface area contributed by atoms with Crippen LogP contribution in [0, 0.1) is 11.8 Å². The van der Waals surface area contributed by atoms with Crippen molar-refractivity contribution in [1.82, 2.24) is 0 Å². The lowest BCUT2D eigenvalue weighted by molar-refractivity contribution is 0.428. The van der Waals surface area contributed by atoms with Gasteiger partial charge in [0, 0.05) is 0 Å². The highest BCUT2D eigenvalue weighted by Crippen LogP contribution is 2.30. The molecule has 0 radical (unpaired) electrons. The number of hydrogen-bond donors (Lipinski definition) is 0. The lowest BCUT2D eigenvalue weighted by atomic mass is 9.89. The Morgan fingerprint density at radius 3 is 2.11 bits per heavy atom. The second kappa shape index (κ2) is 9.12. The van der Waals surface area contributed by atoms with Crippen molar-refractivity contribution < 1.29 is 4.39 Å². The lowest BCUT2D eigenvalue weighted by Crippen LogP contribution is -2.04. The maximum absolute atomic E-state index is 14.3. The normalized spacial score (nSPS) is 15.7. The molecular formula is C18H31F. The Labute approximate surface area is 119 Å². The number of rotatable bonds is 9. The molecule has 0 nitrogen and oxygen atoms in total. The molecular weight excluding hydrogens is 235 g/mol. The minimum Gasteiger partial charge on any atom is -0.206 e. The van der Waals surface area contributed by atoms with Gasteiger partial charge in [-0.1, -0.05) is 60.1 Å². The third kappa shape index (κ3) is 6.22. The highest BCUT2D eigenvalue weighted by molar-refractivity contribution is 5.38. The van der Waals surface area contributed by atoms with Crippen LogP contribution in [0.3, 0.4) is 0 Å². The van der Waals surface area contributed by atoms with Crippen molar-refractivity contribution in [3.8, 4) is 0 Å². The van der Waals surface area contributed by atoms with Gasteiger partial charge in [-0.25, -0.2) is 4.39 Å². The van der Waals surface area contributed by atoms with Crippen LogP contribution in [0.1, 0.15) is 66.7 Å². The van der Waals surface area contributed by atoms with Gasteiger partial charge >= 0.3 is 0 Å². The van der Waals surface area contributed by atoms with Crippen molar-refractivity contribution in [2.45, 2.75) is 66.7 Å². The van der Waals surface area contributed by atoms with Crippen LogP contribution in [-0.4, -0.2) is 0 Å². The van der Waals surface area contributed by atoms with E-state index in [1.807, 2.05) is 6.92 Å². The zero-order valence-electron chi connectivity index (χ0n) is 13.5. The maximum atomic E-state index is 14.3. The summed E-state index contributed by atoms with van der Waals surface area (Å²) in [5.41, 5.74) is 2.17. The van der Waals surface area contributed by atoms with Gasteiger partial charge < -0.3 is 0 Å². The van der Waals surface area contributed by atoms with Gasteiger partial charge in [0.2, 0.25) is 0 Å². The van der Waals surface area contributed by atoms with Crippen LogP contribution < -0.4 is 0 Å². The molecule has 0 heterocycles. The Kier molecular flexibility index (Phi) is 8.71. The molecule has 0 fully saturated rings. The van der Waals surface area contributed by atoms with Crippen molar-refractivity contribution >= 4 is 0 Å². The number of allylic oxidation sites excluding steroid dienone is 4. The molecule has 0 aliphatic rings. The first-order valence-corrected chi connectivity index (χ1v) is 7.58. The fourth-order valence-corrected chi connectivity index (χ4v) is 2.22. The van der Waals surface area contributed by atoms with E-state index in [2.05, 4.69) is 33.9 Å². The van der Waals surface area contributed by atoms with E-state index in [9.17, 15) is 4.39 Å². The fourth-order valence-electron chi connectivity index (χ4n) is 2.22. The Bertz CT molecular complexity index is 336. The molecule has 0 amide bonds. The second-order valence-corrected chi connectivity index (χ2v) is 5.79. The molecule has 2 unspecified atom stereocenters. The van der Waals surface area contributed by atoms with Gasteiger partial charge in [-0.15, -0.1) is 0 Å². The Balaban J connectivity index is 4.52. The quantitative estimate of drug-likeness (QED) is 0.412. The van der Waals surface area contributed by atoms with Crippen molar-refractivity contribution in [1.29, 1.82) is 0 Å². The summed E-state index contributed by atoms with van der Waals surface area (Å²) >= 11 is 0. The van der Waals surface area contributed by atoms with Crippen LogP contribution in [-0.2, 0) is 0 Å². The van der Waals surface area contributed by atoms with Crippen LogP contribution in [0.2, 0.25) is 0 Å². The van der Waals surface area contributed by atoms with Crippen LogP contribution in [0.25, 0.3) is 0 Å². The molecule has 0 saturated carbocycles. The molecule has 2 atom stereocenters. The van der Waals surface area contributed by atoms with E-state index in [0.717, 1.165) is 30.8 Å². The Hall–Kier alpha value is -0.850. The summed E-state index contributed by atoms with van der Waals surface area (Å²) in [6, 6.07) is 0. The monoisotopic (exact) mass is 266 g/mol. The molecule has 0 spiro atoms. The number of halogens is 1. The second-order valence-electron chi connectivity index (χ2n) is 5.79. The van der Waals surface area contributed by atoms with Gasteiger partial charge in [0.1, 0.15) is 5.83 Å². The molecule has 0 aliphatic carbocycles. The van der Waals surface area contributed by atoms with Gasteiger partial charge in [-0.2, -0.15) is 0 Å². The van der Waals surface area contributed by atoms with Crippen LogP contribution >= 0.6 is 0 Å². The summed E-state index contributed by atoms with van der Waals surface area (Å²) in [7, 11) is 0. The molecule has 0 saturated heterocycles. The SMILES string of the molecule is C=C(CC)/C(C)=C(/F)C(=C)C(C)CCC(C)CCC. The van der Waals surface area contributed by atoms with E-state index in [-0.39, 0.29) is 11.7 Å². The smallest absolute Gasteiger partial charge is 0.129 e. The predicted octanol–water partition coefficient (Wildman–Crippen LogP) is 6.60. The molecule has 0 aromatic rings. The minimum atomic E-state index is -0.150. The van der Waals surface area contributed by atoms with Gasteiger partial charge in [0.25, 0.3) is 0 Å². The largest absolute Gasteiger partial charge is 0.206 e. The molecule has 1 heteroatoms. The molecule has 0 bridgehead atoms. The van der Waals surface area contributed by atoms with E-state index in [0.29, 0.717) is 11.1 Å². The molecule has 0 rings (SSSR count). The van der Waals surface area contributed by atoms with Crippen LogP contribution in [0.15, 0.2) is 35.7 Å². The zero-order valence-corrected chi connectivity index (χ0v) is 13.5. The molecule has 110 valence electrons. The third-order valence-electron chi connectivity index (χ3n) is 4.04. The van der Waals surface area contributed by atoms with Crippen LogP contribution in [0.4, 0.5) is 4.39 Å².